The number of carbonyl (C=O) groups is 1. The summed E-state index contributed by atoms with van der Waals surface area (Å²) in [5.74, 6) is -0.00351. The van der Waals surface area contributed by atoms with E-state index >= 15 is 0 Å². The zero-order valence-corrected chi connectivity index (χ0v) is 24.3. The number of rotatable bonds is 7. The third-order valence-corrected chi connectivity index (χ3v) is 8.66. The van der Waals surface area contributed by atoms with Gasteiger partial charge in [0.25, 0.3) is 0 Å². The lowest BCUT2D eigenvalue weighted by atomic mass is 9.97. The van der Waals surface area contributed by atoms with E-state index in [1.54, 1.807) is 55.5 Å². The maximum absolute atomic E-state index is 14.4. The standard InChI is InChI=1S/C33H28FN3O4S/c1-5-30(38)32-23-16-22(26-10-7-11-27(35-26)28-17-21-24(34)8-6-9-25(21)36-28)29(37(3)42(4,39)40)18-31(23)41-33(32)20-14-12-19(2)13-15-20/h6-18,36H,5H2,1-4H3. The molecule has 3 aromatic heterocycles. The van der Waals surface area contributed by atoms with Crippen LogP contribution in [0.3, 0.4) is 0 Å². The van der Waals surface area contributed by atoms with Crippen molar-refractivity contribution < 1.29 is 22.0 Å². The Bertz CT molecular complexity index is 2110. The van der Waals surface area contributed by atoms with E-state index in [-0.39, 0.29) is 18.0 Å². The number of hydrogen-bond donors (Lipinski definition) is 1. The Balaban J connectivity index is 1.60. The van der Waals surface area contributed by atoms with Gasteiger partial charge in [-0.1, -0.05) is 48.9 Å². The molecular formula is C33H28FN3O4S. The summed E-state index contributed by atoms with van der Waals surface area (Å²) in [5.41, 5.74) is 5.77. The Kier molecular flexibility index (Phi) is 6.69. The summed E-state index contributed by atoms with van der Waals surface area (Å²) >= 11 is 0. The van der Waals surface area contributed by atoms with Gasteiger partial charge in [-0.15, -0.1) is 0 Å². The Morgan fingerprint density at radius 3 is 2.38 bits per heavy atom. The molecule has 1 N–H and O–H groups in total. The van der Waals surface area contributed by atoms with E-state index in [4.69, 9.17) is 9.40 Å². The molecule has 0 atom stereocenters. The van der Waals surface area contributed by atoms with Crippen LogP contribution < -0.4 is 4.31 Å². The van der Waals surface area contributed by atoms with Gasteiger partial charge in [0.15, 0.2) is 5.78 Å². The van der Waals surface area contributed by atoms with E-state index < -0.39 is 10.0 Å². The van der Waals surface area contributed by atoms with Crippen LogP contribution in [0.4, 0.5) is 10.1 Å². The molecule has 6 aromatic rings. The summed E-state index contributed by atoms with van der Waals surface area (Å²) in [6, 6.07) is 23.0. The van der Waals surface area contributed by atoms with E-state index in [0.29, 0.717) is 61.5 Å². The first-order chi connectivity index (χ1) is 20.0. The SMILES string of the molecule is CCC(=O)c1c(-c2ccc(C)cc2)oc2cc(N(C)S(C)(=O)=O)c(-c3cccc(-c4cc5c(F)cccc5[nH]4)n3)cc12. The summed E-state index contributed by atoms with van der Waals surface area (Å²) < 4.78 is 47.3. The third-order valence-electron chi connectivity index (χ3n) is 7.47. The molecule has 9 heteroatoms. The number of carbonyl (C=O) groups excluding carboxylic acids is 1. The molecule has 6 rings (SSSR count). The maximum atomic E-state index is 14.4. The fourth-order valence-electron chi connectivity index (χ4n) is 5.13. The highest BCUT2D eigenvalue weighted by Gasteiger charge is 2.26. The monoisotopic (exact) mass is 581 g/mol. The molecule has 0 amide bonds. The summed E-state index contributed by atoms with van der Waals surface area (Å²) in [6.45, 7) is 3.77. The molecule has 0 radical (unpaired) electrons. The molecule has 0 saturated heterocycles. The number of sulfonamides is 1. The van der Waals surface area contributed by atoms with Crippen LogP contribution in [-0.2, 0) is 10.0 Å². The van der Waals surface area contributed by atoms with Crippen molar-refractivity contribution >= 4 is 43.4 Å². The summed E-state index contributed by atoms with van der Waals surface area (Å²) in [4.78, 5) is 21.4. The Morgan fingerprint density at radius 1 is 0.976 bits per heavy atom. The fraction of sp³-hybridized carbons (Fsp3) is 0.152. The molecule has 212 valence electrons. The van der Waals surface area contributed by atoms with Crippen LogP contribution in [0.15, 0.2) is 83.3 Å². The van der Waals surface area contributed by atoms with E-state index in [2.05, 4.69) is 4.98 Å². The molecule has 7 nitrogen and oxygen atoms in total. The van der Waals surface area contributed by atoms with Crippen molar-refractivity contribution in [3.63, 3.8) is 0 Å². The Labute approximate surface area is 242 Å². The highest BCUT2D eigenvalue weighted by atomic mass is 32.2. The highest BCUT2D eigenvalue weighted by molar-refractivity contribution is 7.92. The molecule has 0 spiro atoms. The van der Waals surface area contributed by atoms with Gasteiger partial charge in [0.1, 0.15) is 17.2 Å². The number of hydrogen-bond acceptors (Lipinski definition) is 5. The average Bonchev–Trinajstić information content (AvgIpc) is 3.58. The first kappa shape index (κ1) is 27.4. The molecule has 0 aliphatic rings. The van der Waals surface area contributed by atoms with E-state index in [1.807, 2.05) is 31.2 Å². The third kappa shape index (κ3) is 4.75. The number of H-pyrrole nitrogens is 1. The molecular weight excluding hydrogens is 553 g/mol. The molecule has 42 heavy (non-hydrogen) atoms. The van der Waals surface area contributed by atoms with Crippen LogP contribution in [-0.4, -0.2) is 37.5 Å². The summed E-state index contributed by atoms with van der Waals surface area (Å²) in [6.07, 6.45) is 1.38. The summed E-state index contributed by atoms with van der Waals surface area (Å²) in [7, 11) is -2.21. The average molecular weight is 582 g/mol. The zero-order chi connectivity index (χ0) is 29.8. The second-order valence-electron chi connectivity index (χ2n) is 10.3. The van der Waals surface area contributed by atoms with Crippen molar-refractivity contribution in [2.24, 2.45) is 0 Å². The second-order valence-corrected chi connectivity index (χ2v) is 12.4. The summed E-state index contributed by atoms with van der Waals surface area (Å²) in [5, 5.41) is 1.02. The van der Waals surface area contributed by atoms with E-state index in [0.717, 1.165) is 17.4 Å². The van der Waals surface area contributed by atoms with Crippen molar-refractivity contribution in [1.29, 1.82) is 0 Å². The number of fused-ring (bicyclic) bond motifs is 2. The molecule has 0 unspecified atom stereocenters. The number of benzene rings is 3. The van der Waals surface area contributed by atoms with Crippen LogP contribution in [0.5, 0.6) is 0 Å². The number of halogens is 1. The van der Waals surface area contributed by atoms with Gasteiger partial charge in [-0.3, -0.25) is 9.10 Å². The van der Waals surface area contributed by atoms with Gasteiger partial charge in [0.05, 0.1) is 34.6 Å². The Hall–Kier alpha value is -4.76. The number of furan rings is 1. The molecule has 3 heterocycles. The lowest BCUT2D eigenvalue weighted by Crippen LogP contribution is -2.25. The molecule has 0 bridgehead atoms. The highest BCUT2D eigenvalue weighted by Crippen LogP contribution is 2.41. The topological polar surface area (TPSA) is 96.3 Å². The number of nitrogens with zero attached hydrogens (tertiary/aromatic N) is 2. The number of pyridine rings is 1. The van der Waals surface area contributed by atoms with Crippen LogP contribution in [0.25, 0.3) is 55.8 Å². The van der Waals surface area contributed by atoms with Crippen molar-refractivity contribution in [2.75, 3.05) is 17.6 Å². The van der Waals surface area contributed by atoms with Crippen molar-refractivity contribution in [3.8, 4) is 34.0 Å². The van der Waals surface area contributed by atoms with Crippen LogP contribution in [0.1, 0.15) is 29.3 Å². The van der Waals surface area contributed by atoms with Gasteiger partial charge < -0.3 is 9.40 Å². The van der Waals surface area contributed by atoms with Gasteiger partial charge in [-0.05, 0) is 43.3 Å². The number of aromatic nitrogens is 2. The predicted molar refractivity (Wildman–Crippen MR) is 165 cm³/mol. The molecule has 0 aliphatic carbocycles. The first-order valence-corrected chi connectivity index (χ1v) is 15.3. The molecule has 3 aromatic carbocycles. The molecule has 0 fully saturated rings. The lowest BCUT2D eigenvalue weighted by molar-refractivity contribution is 0.0989. The van der Waals surface area contributed by atoms with Gasteiger partial charge in [0, 0.05) is 47.0 Å². The van der Waals surface area contributed by atoms with Gasteiger partial charge >= 0.3 is 0 Å². The van der Waals surface area contributed by atoms with Crippen LogP contribution in [0, 0.1) is 12.7 Å². The first-order valence-electron chi connectivity index (χ1n) is 13.4. The van der Waals surface area contributed by atoms with Crippen molar-refractivity contribution in [1.82, 2.24) is 9.97 Å². The largest absolute Gasteiger partial charge is 0.455 e. The Morgan fingerprint density at radius 2 is 1.69 bits per heavy atom. The normalized spacial score (nSPS) is 11.8. The minimum Gasteiger partial charge on any atom is -0.455 e. The van der Waals surface area contributed by atoms with Gasteiger partial charge in [-0.25, -0.2) is 17.8 Å². The molecule has 0 saturated carbocycles. The number of Topliss-reactive ketones (excluding diaryl/α,β-unsaturated/α-hetero) is 1. The van der Waals surface area contributed by atoms with E-state index in [9.17, 15) is 17.6 Å². The van der Waals surface area contributed by atoms with Crippen molar-refractivity contribution in [2.45, 2.75) is 20.3 Å². The second kappa shape index (κ2) is 10.3. The minimum absolute atomic E-state index is 0.0960. The minimum atomic E-state index is -3.67. The fourth-order valence-corrected chi connectivity index (χ4v) is 5.64. The van der Waals surface area contributed by atoms with E-state index in [1.165, 1.54) is 17.4 Å². The predicted octanol–water partition coefficient (Wildman–Crippen LogP) is 7.75. The van der Waals surface area contributed by atoms with Crippen LogP contribution in [0.2, 0.25) is 0 Å². The van der Waals surface area contributed by atoms with Crippen molar-refractivity contribution in [3.05, 3.63) is 95.8 Å². The maximum Gasteiger partial charge on any atom is 0.232 e. The smallest absolute Gasteiger partial charge is 0.232 e. The quantitative estimate of drug-likeness (QED) is 0.195. The molecule has 0 aliphatic heterocycles. The zero-order valence-electron chi connectivity index (χ0n) is 23.5. The number of aromatic amines is 1. The van der Waals surface area contributed by atoms with Gasteiger partial charge in [0.2, 0.25) is 10.0 Å². The number of nitrogens with one attached hydrogen (secondary N) is 1. The number of aryl methyl sites for hydroxylation is 1. The number of anilines is 1. The van der Waals surface area contributed by atoms with Crippen LogP contribution >= 0.6 is 0 Å². The van der Waals surface area contributed by atoms with Gasteiger partial charge in [-0.2, -0.15) is 0 Å². The number of ketones is 1. The lowest BCUT2D eigenvalue weighted by Gasteiger charge is -2.20.